The second kappa shape index (κ2) is 6.08. The second-order valence-corrected chi connectivity index (χ2v) is 6.76. The zero-order valence-corrected chi connectivity index (χ0v) is 14.0. The zero-order chi connectivity index (χ0) is 15.7. The Balaban J connectivity index is 1.95. The number of thiophene rings is 1. The minimum absolute atomic E-state index is 0.317. The highest BCUT2D eigenvalue weighted by atomic mass is 32.1. The molecule has 2 aromatic heterocycles. The largest absolute Gasteiger partial charge is 0.367 e. The molecule has 3 rings (SSSR count). The maximum atomic E-state index is 10.8. The van der Waals surface area contributed by atoms with Gasteiger partial charge in [-0.05, 0) is 31.7 Å². The number of amides is 1. The van der Waals surface area contributed by atoms with E-state index in [1.807, 2.05) is 0 Å². The number of nitrogens with zero attached hydrogens (tertiary/aromatic N) is 4. The molecule has 1 amide bonds. The van der Waals surface area contributed by atoms with Crippen LogP contribution in [0.5, 0.6) is 0 Å². The average Bonchev–Trinajstić information content (AvgIpc) is 2.88. The van der Waals surface area contributed by atoms with Gasteiger partial charge in [0.1, 0.15) is 10.6 Å². The van der Waals surface area contributed by atoms with Gasteiger partial charge in [0.05, 0.1) is 5.39 Å². The Bertz CT molecular complexity index is 676. The van der Waals surface area contributed by atoms with Gasteiger partial charge in [-0.1, -0.05) is 0 Å². The van der Waals surface area contributed by atoms with Crippen LogP contribution in [-0.4, -0.2) is 53.5 Å². The normalized spacial score (nSPS) is 15.6. The summed E-state index contributed by atoms with van der Waals surface area (Å²) in [6.45, 7) is 9.31. The van der Waals surface area contributed by atoms with E-state index < -0.39 is 0 Å². The molecule has 1 saturated heterocycles. The minimum atomic E-state index is 0.317. The molecule has 3 heterocycles. The SMILES string of the molecule is Cc1csc2nc(N3CCN(C=O)CC3)nc(NC(C)C)c12. The first-order valence-electron chi connectivity index (χ1n) is 7.55. The lowest BCUT2D eigenvalue weighted by Gasteiger charge is -2.32. The van der Waals surface area contributed by atoms with Gasteiger partial charge in [-0.25, -0.2) is 4.98 Å². The maximum absolute atomic E-state index is 10.8. The third-order valence-corrected chi connectivity index (χ3v) is 4.77. The van der Waals surface area contributed by atoms with E-state index in [9.17, 15) is 4.79 Å². The van der Waals surface area contributed by atoms with Crippen LogP contribution in [0.2, 0.25) is 0 Å². The summed E-state index contributed by atoms with van der Waals surface area (Å²) in [7, 11) is 0. The van der Waals surface area contributed by atoms with Crippen LogP contribution in [0.4, 0.5) is 11.8 Å². The zero-order valence-electron chi connectivity index (χ0n) is 13.2. The summed E-state index contributed by atoms with van der Waals surface area (Å²) in [5, 5.41) is 6.68. The third-order valence-electron chi connectivity index (χ3n) is 3.78. The molecule has 1 N–H and O–H groups in total. The molecule has 22 heavy (non-hydrogen) atoms. The Labute approximate surface area is 134 Å². The first-order chi connectivity index (χ1) is 10.6. The number of anilines is 2. The maximum Gasteiger partial charge on any atom is 0.228 e. The van der Waals surface area contributed by atoms with Gasteiger partial charge in [0.2, 0.25) is 12.4 Å². The number of fused-ring (bicyclic) bond motifs is 1. The molecular formula is C15H21N5OS. The van der Waals surface area contributed by atoms with Crippen LogP contribution < -0.4 is 10.2 Å². The van der Waals surface area contributed by atoms with Gasteiger partial charge >= 0.3 is 0 Å². The van der Waals surface area contributed by atoms with Crippen molar-refractivity contribution in [1.82, 2.24) is 14.9 Å². The van der Waals surface area contributed by atoms with Crippen LogP contribution in [0, 0.1) is 6.92 Å². The molecular weight excluding hydrogens is 298 g/mol. The predicted molar refractivity (Wildman–Crippen MR) is 90.8 cm³/mol. The van der Waals surface area contributed by atoms with Gasteiger partial charge in [0.15, 0.2) is 0 Å². The molecule has 1 fully saturated rings. The number of carbonyl (C=O) groups excluding carboxylic acids is 1. The lowest BCUT2D eigenvalue weighted by atomic mass is 10.2. The van der Waals surface area contributed by atoms with Gasteiger partial charge < -0.3 is 15.1 Å². The molecule has 0 saturated carbocycles. The number of hydrogen-bond acceptors (Lipinski definition) is 6. The Kier molecular flexibility index (Phi) is 4.15. The Morgan fingerprint density at radius 1 is 1.27 bits per heavy atom. The van der Waals surface area contributed by atoms with Gasteiger partial charge in [0, 0.05) is 32.2 Å². The van der Waals surface area contributed by atoms with E-state index in [-0.39, 0.29) is 0 Å². The smallest absolute Gasteiger partial charge is 0.228 e. The number of aryl methyl sites for hydroxylation is 1. The van der Waals surface area contributed by atoms with E-state index in [1.54, 1.807) is 16.2 Å². The third kappa shape index (κ3) is 2.85. The van der Waals surface area contributed by atoms with Crippen LogP contribution in [0.25, 0.3) is 10.2 Å². The Morgan fingerprint density at radius 3 is 2.64 bits per heavy atom. The molecule has 0 spiro atoms. The summed E-state index contributed by atoms with van der Waals surface area (Å²) >= 11 is 1.65. The summed E-state index contributed by atoms with van der Waals surface area (Å²) in [6, 6.07) is 0.317. The van der Waals surface area contributed by atoms with Crippen molar-refractivity contribution >= 4 is 39.7 Å². The summed E-state index contributed by atoms with van der Waals surface area (Å²) in [5.41, 5.74) is 1.21. The minimum Gasteiger partial charge on any atom is -0.367 e. The Morgan fingerprint density at radius 2 is 2.00 bits per heavy atom. The monoisotopic (exact) mass is 319 g/mol. The number of rotatable bonds is 4. The molecule has 6 nitrogen and oxygen atoms in total. The van der Waals surface area contributed by atoms with Gasteiger partial charge in [-0.15, -0.1) is 11.3 Å². The van der Waals surface area contributed by atoms with E-state index >= 15 is 0 Å². The first-order valence-corrected chi connectivity index (χ1v) is 8.43. The molecule has 0 unspecified atom stereocenters. The lowest BCUT2D eigenvalue weighted by molar-refractivity contribution is -0.118. The van der Waals surface area contributed by atoms with Crippen molar-refractivity contribution in [2.45, 2.75) is 26.8 Å². The Hall–Kier alpha value is -1.89. The summed E-state index contributed by atoms with van der Waals surface area (Å²) in [6.07, 6.45) is 0.912. The second-order valence-electron chi connectivity index (χ2n) is 5.90. The number of aromatic nitrogens is 2. The highest BCUT2D eigenvalue weighted by Crippen LogP contribution is 2.31. The standard InChI is InChI=1S/C15H21N5OS/c1-10(2)16-13-12-11(3)8-22-14(12)18-15(17-13)20-6-4-19(9-21)5-7-20/h8-10H,4-7H2,1-3H3,(H,16,17,18). The molecule has 7 heteroatoms. The molecule has 0 atom stereocenters. The van der Waals surface area contributed by atoms with Crippen molar-refractivity contribution in [2.75, 3.05) is 36.4 Å². The van der Waals surface area contributed by atoms with Crippen molar-refractivity contribution < 1.29 is 4.79 Å². The van der Waals surface area contributed by atoms with Crippen molar-refractivity contribution in [3.63, 3.8) is 0 Å². The van der Waals surface area contributed by atoms with E-state index in [0.717, 1.165) is 54.6 Å². The molecule has 118 valence electrons. The van der Waals surface area contributed by atoms with Crippen LogP contribution in [0.1, 0.15) is 19.4 Å². The van der Waals surface area contributed by atoms with Crippen molar-refractivity contribution in [3.8, 4) is 0 Å². The van der Waals surface area contributed by atoms with Crippen molar-refractivity contribution in [3.05, 3.63) is 10.9 Å². The van der Waals surface area contributed by atoms with Crippen LogP contribution in [0.3, 0.4) is 0 Å². The van der Waals surface area contributed by atoms with Crippen LogP contribution in [0.15, 0.2) is 5.38 Å². The topological polar surface area (TPSA) is 61.4 Å². The van der Waals surface area contributed by atoms with Gasteiger partial charge in [0.25, 0.3) is 0 Å². The van der Waals surface area contributed by atoms with E-state index in [2.05, 4.69) is 36.4 Å². The fourth-order valence-electron chi connectivity index (χ4n) is 2.62. The first kappa shape index (κ1) is 15.0. The molecule has 0 bridgehead atoms. The summed E-state index contributed by atoms with van der Waals surface area (Å²) in [4.78, 5) is 25.3. The van der Waals surface area contributed by atoms with E-state index in [1.165, 1.54) is 5.56 Å². The molecule has 1 aliphatic rings. The van der Waals surface area contributed by atoms with Crippen molar-refractivity contribution in [2.24, 2.45) is 0 Å². The highest BCUT2D eigenvalue weighted by molar-refractivity contribution is 7.17. The molecule has 2 aromatic rings. The lowest BCUT2D eigenvalue weighted by Crippen LogP contribution is -2.46. The highest BCUT2D eigenvalue weighted by Gasteiger charge is 2.20. The molecule has 0 radical (unpaired) electrons. The molecule has 0 aromatic carbocycles. The number of nitrogens with one attached hydrogen (secondary N) is 1. The van der Waals surface area contributed by atoms with Gasteiger partial charge in [-0.3, -0.25) is 4.79 Å². The summed E-state index contributed by atoms with van der Waals surface area (Å²) < 4.78 is 0. The number of carbonyl (C=O) groups is 1. The fourth-order valence-corrected chi connectivity index (χ4v) is 3.54. The fraction of sp³-hybridized carbons (Fsp3) is 0.533. The molecule has 1 aliphatic heterocycles. The predicted octanol–water partition coefficient (Wildman–Crippen LogP) is 2.10. The van der Waals surface area contributed by atoms with Crippen LogP contribution >= 0.6 is 11.3 Å². The number of piperazine rings is 1. The van der Waals surface area contributed by atoms with Crippen molar-refractivity contribution in [1.29, 1.82) is 0 Å². The van der Waals surface area contributed by atoms with E-state index in [0.29, 0.717) is 6.04 Å². The van der Waals surface area contributed by atoms with Crippen LogP contribution in [-0.2, 0) is 4.79 Å². The average molecular weight is 319 g/mol. The summed E-state index contributed by atoms with van der Waals surface area (Å²) in [5.74, 6) is 1.66. The quantitative estimate of drug-likeness (QED) is 0.875. The number of hydrogen-bond donors (Lipinski definition) is 1. The van der Waals surface area contributed by atoms with E-state index in [4.69, 9.17) is 9.97 Å². The van der Waals surface area contributed by atoms with Gasteiger partial charge in [-0.2, -0.15) is 4.98 Å². The molecule has 0 aliphatic carbocycles.